The van der Waals surface area contributed by atoms with Crippen LogP contribution in [0.1, 0.15) is 30.9 Å². The van der Waals surface area contributed by atoms with Gasteiger partial charge in [0.2, 0.25) is 0 Å². The zero-order chi connectivity index (χ0) is 20.7. The van der Waals surface area contributed by atoms with Gasteiger partial charge in [-0.05, 0) is 55.3 Å². The summed E-state index contributed by atoms with van der Waals surface area (Å²) in [6, 6.07) is 9.54. The lowest BCUT2D eigenvalue weighted by Gasteiger charge is -2.22. The van der Waals surface area contributed by atoms with Gasteiger partial charge in [-0.15, -0.1) is 0 Å². The molecule has 154 valence electrons. The Bertz CT molecular complexity index is 913. The number of hydrogen-bond donors (Lipinski definition) is 1. The smallest absolute Gasteiger partial charge is 0.384 e. The summed E-state index contributed by atoms with van der Waals surface area (Å²) in [6.45, 7) is 5.73. The lowest BCUT2D eigenvalue weighted by molar-refractivity contribution is -0.137. The number of aromatic nitrogens is 2. The Kier molecular flexibility index (Phi) is 7.04. The first-order valence-electron chi connectivity index (χ1n) is 9.78. The van der Waals surface area contributed by atoms with Crippen molar-refractivity contribution in [3.63, 3.8) is 0 Å². The quantitative estimate of drug-likeness (QED) is 0.489. The van der Waals surface area contributed by atoms with Crippen molar-refractivity contribution in [3.8, 4) is 0 Å². The number of benzene rings is 1. The van der Waals surface area contributed by atoms with Gasteiger partial charge >= 0.3 is 6.18 Å². The molecule has 0 amide bonds. The van der Waals surface area contributed by atoms with Gasteiger partial charge in [-0.1, -0.05) is 13.0 Å². The molecule has 0 aliphatic carbocycles. The SMILES string of the molecule is CCCN(CCCNc1ccnc2cc(C(F)(F)F)ccc12)Cc1ccncc1. The minimum absolute atomic E-state index is 0.343. The highest BCUT2D eigenvalue weighted by Crippen LogP contribution is 2.32. The number of rotatable bonds is 9. The maximum Gasteiger partial charge on any atom is 0.416 e. The summed E-state index contributed by atoms with van der Waals surface area (Å²) in [6.07, 6.45) is 2.79. The highest BCUT2D eigenvalue weighted by molar-refractivity contribution is 5.91. The molecule has 1 N–H and O–H groups in total. The van der Waals surface area contributed by atoms with Crippen LogP contribution >= 0.6 is 0 Å². The van der Waals surface area contributed by atoms with Gasteiger partial charge in [0.1, 0.15) is 0 Å². The van der Waals surface area contributed by atoms with Gasteiger partial charge in [0.05, 0.1) is 11.1 Å². The maximum absolute atomic E-state index is 12.9. The highest BCUT2D eigenvalue weighted by Gasteiger charge is 2.30. The van der Waals surface area contributed by atoms with E-state index in [-0.39, 0.29) is 0 Å². The Hall–Kier alpha value is -2.67. The molecule has 2 aromatic heterocycles. The van der Waals surface area contributed by atoms with Crippen molar-refractivity contribution >= 4 is 16.6 Å². The number of pyridine rings is 2. The molecule has 4 nitrogen and oxygen atoms in total. The summed E-state index contributed by atoms with van der Waals surface area (Å²) in [5, 5.41) is 4.05. The first kappa shape index (κ1) is 21.0. The molecule has 2 heterocycles. The minimum Gasteiger partial charge on any atom is -0.384 e. The molecule has 1 aromatic carbocycles. The van der Waals surface area contributed by atoms with Gasteiger partial charge in [0, 0.05) is 49.3 Å². The van der Waals surface area contributed by atoms with Gasteiger partial charge in [-0.3, -0.25) is 14.9 Å². The Labute approximate surface area is 168 Å². The van der Waals surface area contributed by atoms with Crippen molar-refractivity contribution in [1.29, 1.82) is 0 Å². The average Bonchev–Trinajstić information content (AvgIpc) is 2.71. The van der Waals surface area contributed by atoms with Crippen molar-refractivity contribution in [3.05, 3.63) is 66.1 Å². The van der Waals surface area contributed by atoms with Gasteiger partial charge in [0.15, 0.2) is 0 Å². The van der Waals surface area contributed by atoms with Crippen molar-refractivity contribution in [2.75, 3.05) is 25.0 Å². The van der Waals surface area contributed by atoms with Gasteiger partial charge in [-0.2, -0.15) is 13.2 Å². The Balaban J connectivity index is 1.58. The number of fused-ring (bicyclic) bond motifs is 1. The van der Waals surface area contributed by atoms with E-state index in [0.717, 1.165) is 56.8 Å². The monoisotopic (exact) mass is 402 g/mol. The predicted octanol–water partition coefficient (Wildman–Crippen LogP) is 5.36. The van der Waals surface area contributed by atoms with Crippen LogP contribution in [0.4, 0.5) is 18.9 Å². The van der Waals surface area contributed by atoms with Gasteiger partial charge in [0.25, 0.3) is 0 Å². The van der Waals surface area contributed by atoms with Crippen molar-refractivity contribution in [2.45, 2.75) is 32.5 Å². The van der Waals surface area contributed by atoms with Crippen LogP contribution in [0.2, 0.25) is 0 Å². The van der Waals surface area contributed by atoms with E-state index in [0.29, 0.717) is 10.9 Å². The van der Waals surface area contributed by atoms with E-state index in [1.165, 1.54) is 17.8 Å². The molecule has 7 heteroatoms. The van der Waals surface area contributed by atoms with E-state index in [1.807, 2.05) is 12.1 Å². The zero-order valence-corrected chi connectivity index (χ0v) is 16.4. The molecule has 0 bridgehead atoms. The third-order valence-electron chi connectivity index (χ3n) is 4.73. The van der Waals surface area contributed by atoms with E-state index >= 15 is 0 Å². The first-order chi connectivity index (χ1) is 14.0. The summed E-state index contributed by atoms with van der Waals surface area (Å²) in [5.41, 5.74) is 1.71. The largest absolute Gasteiger partial charge is 0.416 e. The molecule has 0 saturated carbocycles. The molecule has 0 unspecified atom stereocenters. The normalized spacial score (nSPS) is 11.9. The highest BCUT2D eigenvalue weighted by atomic mass is 19.4. The van der Waals surface area contributed by atoms with E-state index in [1.54, 1.807) is 18.5 Å². The molecule has 0 saturated heterocycles. The summed E-state index contributed by atoms with van der Waals surface area (Å²) in [4.78, 5) is 10.5. The molecule has 0 radical (unpaired) electrons. The third-order valence-corrected chi connectivity index (χ3v) is 4.73. The summed E-state index contributed by atoms with van der Waals surface area (Å²) in [5.74, 6) is 0. The van der Waals surface area contributed by atoms with Crippen LogP contribution in [-0.2, 0) is 12.7 Å². The first-order valence-corrected chi connectivity index (χ1v) is 9.78. The van der Waals surface area contributed by atoms with Crippen LogP contribution < -0.4 is 5.32 Å². The summed E-state index contributed by atoms with van der Waals surface area (Å²) in [7, 11) is 0. The maximum atomic E-state index is 12.9. The second kappa shape index (κ2) is 9.69. The molecule has 3 aromatic rings. The third kappa shape index (κ3) is 5.90. The van der Waals surface area contributed by atoms with Crippen molar-refractivity contribution in [2.24, 2.45) is 0 Å². The second-order valence-corrected chi connectivity index (χ2v) is 7.00. The van der Waals surface area contributed by atoms with Crippen LogP contribution in [0.25, 0.3) is 10.9 Å². The molecule has 29 heavy (non-hydrogen) atoms. The van der Waals surface area contributed by atoms with Crippen LogP contribution in [0.3, 0.4) is 0 Å². The fourth-order valence-electron chi connectivity index (χ4n) is 3.34. The Morgan fingerprint density at radius 3 is 2.52 bits per heavy atom. The topological polar surface area (TPSA) is 41.0 Å². The molecular weight excluding hydrogens is 377 g/mol. The number of nitrogens with one attached hydrogen (secondary N) is 1. The summed E-state index contributed by atoms with van der Waals surface area (Å²) < 4.78 is 38.7. The molecule has 0 fully saturated rings. The van der Waals surface area contributed by atoms with E-state index in [2.05, 4.69) is 27.1 Å². The van der Waals surface area contributed by atoms with Crippen molar-refractivity contribution < 1.29 is 13.2 Å². The predicted molar refractivity (Wildman–Crippen MR) is 110 cm³/mol. The number of halogens is 3. The van der Waals surface area contributed by atoms with Crippen LogP contribution in [0.5, 0.6) is 0 Å². The van der Waals surface area contributed by atoms with E-state index < -0.39 is 11.7 Å². The number of alkyl halides is 3. The minimum atomic E-state index is -4.36. The van der Waals surface area contributed by atoms with Crippen LogP contribution in [0.15, 0.2) is 55.0 Å². The second-order valence-electron chi connectivity index (χ2n) is 7.00. The van der Waals surface area contributed by atoms with Gasteiger partial charge < -0.3 is 5.32 Å². The van der Waals surface area contributed by atoms with E-state index in [4.69, 9.17) is 0 Å². The van der Waals surface area contributed by atoms with Crippen LogP contribution in [-0.4, -0.2) is 34.5 Å². The lowest BCUT2D eigenvalue weighted by Crippen LogP contribution is -2.26. The van der Waals surface area contributed by atoms with E-state index in [9.17, 15) is 13.2 Å². The summed E-state index contributed by atoms with van der Waals surface area (Å²) >= 11 is 0. The molecule has 0 aliphatic heterocycles. The molecule has 0 aliphatic rings. The standard InChI is InChI=1S/C22H25F3N4/c1-2-13-29(16-17-6-10-26-11-7-17)14-3-9-27-20-8-12-28-21-15-18(22(23,24)25)4-5-19(20)21/h4-8,10-12,15H,2-3,9,13-14,16H2,1H3,(H,27,28). The van der Waals surface area contributed by atoms with Crippen molar-refractivity contribution in [1.82, 2.24) is 14.9 Å². The molecule has 0 spiro atoms. The lowest BCUT2D eigenvalue weighted by atomic mass is 10.1. The zero-order valence-electron chi connectivity index (χ0n) is 16.4. The number of hydrogen-bond acceptors (Lipinski definition) is 4. The number of anilines is 1. The van der Waals surface area contributed by atoms with Gasteiger partial charge in [-0.25, -0.2) is 0 Å². The fraction of sp³-hybridized carbons (Fsp3) is 0.364. The fourth-order valence-corrected chi connectivity index (χ4v) is 3.34. The van der Waals surface area contributed by atoms with Crippen LogP contribution in [0, 0.1) is 0 Å². The number of nitrogens with zero attached hydrogens (tertiary/aromatic N) is 3. The Morgan fingerprint density at radius 2 is 1.79 bits per heavy atom. The molecular formula is C22H25F3N4. The average molecular weight is 402 g/mol. The Morgan fingerprint density at radius 1 is 1.00 bits per heavy atom. The molecule has 0 atom stereocenters. The molecule has 3 rings (SSSR count).